The van der Waals surface area contributed by atoms with Crippen molar-refractivity contribution in [1.82, 2.24) is 9.97 Å². The summed E-state index contributed by atoms with van der Waals surface area (Å²) >= 11 is 5.78. The van der Waals surface area contributed by atoms with Gasteiger partial charge in [-0.3, -0.25) is 0 Å². The summed E-state index contributed by atoms with van der Waals surface area (Å²) in [5.41, 5.74) is 1.47. The maximum atomic E-state index is 13.2. The summed E-state index contributed by atoms with van der Waals surface area (Å²) in [7, 11) is 0. The molecule has 2 N–H and O–H groups in total. The van der Waals surface area contributed by atoms with Gasteiger partial charge in [-0.25, -0.2) is 9.37 Å². The van der Waals surface area contributed by atoms with E-state index in [9.17, 15) is 4.39 Å². The summed E-state index contributed by atoms with van der Waals surface area (Å²) < 4.78 is 18.9. The Morgan fingerprint density at radius 3 is 2.42 bits per heavy atom. The fourth-order valence-corrected chi connectivity index (χ4v) is 2.41. The van der Waals surface area contributed by atoms with Gasteiger partial charge in [0.1, 0.15) is 17.4 Å². The van der Waals surface area contributed by atoms with Crippen molar-refractivity contribution in [3.63, 3.8) is 0 Å². The van der Waals surface area contributed by atoms with Crippen LogP contribution < -0.4 is 15.4 Å². The number of aromatic nitrogens is 2. The van der Waals surface area contributed by atoms with E-state index in [1.807, 2.05) is 38.1 Å². The molecule has 26 heavy (non-hydrogen) atoms. The van der Waals surface area contributed by atoms with Crippen LogP contribution in [0.25, 0.3) is 0 Å². The Kier molecular flexibility index (Phi) is 5.53. The smallest absolute Gasteiger partial charge is 0.229 e. The maximum absolute atomic E-state index is 13.2. The number of halogens is 2. The van der Waals surface area contributed by atoms with Crippen LogP contribution in [0.4, 0.5) is 27.5 Å². The first-order chi connectivity index (χ1) is 12.5. The molecule has 2 aromatic carbocycles. The molecule has 0 saturated carbocycles. The molecule has 1 heterocycles. The average molecular weight is 373 g/mol. The standard InChI is InChI=1S/C19H18ClFN4O/c1-12(2)26-15-6-3-13(4-7-15)23-18-9-10-22-19(25-18)24-14-5-8-17(21)16(20)11-14/h3-12H,1-2H3,(H2,22,23,24,25). The van der Waals surface area contributed by atoms with Crippen LogP contribution in [0.1, 0.15) is 13.8 Å². The molecule has 5 nitrogen and oxygen atoms in total. The second-order valence-electron chi connectivity index (χ2n) is 5.84. The number of nitrogens with one attached hydrogen (secondary N) is 2. The lowest BCUT2D eigenvalue weighted by Crippen LogP contribution is -2.05. The predicted octanol–water partition coefficient (Wildman–Crippen LogP) is 5.54. The number of ether oxygens (including phenoxy) is 1. The van der Waals surface area contributed by atoms with Crippen LogP contribution in [0.2, 0.25) is 5.02 Å². The fraction of sp³-hybridized carbons (Fsp3) is 0.158. The zero-order valence-corrected chi connectivity index (χ0v) is 15.1. The average Bonchev–Trinajstić information content (AvgIpc) is 2.60. The fourth-order valence-electron chi connectivity index (χ4n) is 2.23. The molecule has 0 radical (unpaired) electrons. The summed E-state index contributed by atoms with van der Waals surface area (Å²) in [4.78, 5) is 8.54. The van der Waals surface area contributed by atoms with E-state index in [2.05, 4.69) is 20.6 Å². The Balaban J connectivity index is 1.69. The quantitative estimate of drug-likeness (QED) is 0.594. The second-order valence-corrected chi connectivity index (χ2v) is 6.24. The monoisotopic (exact) mass is 372 g/mol. The summed E-state index contributed by atoms with van der Waals surface area (Å²) in [6, 6.07) is 13.7. The Hall–Kier alpha value is -2.86. The number of nitrogens with zero attached hydrogens (tertiary/aromatic N) is 2. The van der Waals surface area contributed by atoms with E-state index in [1.54, 1.807) is 18.3 Å². The molecule has 0 fully saturated rings. The van der Waals surface area contributed by atoms with Crippen molar-refractivity contribution in [2.24, 2.45) is 0 Å². The highest BCUT2D eigenvalue weighted by Gasteiger charge is 2.05. The molecule has 3 aromatic rings. The van der Waals surface area contributed by atoms with Crippen molar-refractivity contribution in [2.75, 3.05) is 10.6 Å². The van der Waals surface area contributed by atoms with Gasteiger partial charge in [-0.2, -0.15) is 4.98 Å². The summed E-state index contributed by atoms with van der Waals surface area (Å²) in [5, 5.41) is 6.23. The number of rotatable bonds is 6. The highest BCUT2D eigenvalue weighted by Crippen LogP contribution is 2.23. The molecule has 0 spiro atoms. The van der Waals surface area contributed by atoms with Crippen molar-refractivity contribution in [2.45, 2.75) is 20.0 Å². The van der Waals surface area contributed by atoms with Crippen LogP contribution in [0, 0.1) is 5.82 Å². The minimum absolute atomic E-state index is 0.0352. The molecule has 0 aliphatic carbocycles. The second kappa shape index (κ2) is 8.01. The predicted molar refractivity (Wildman–Crippen MR) is 102 cm³/mol. The van der Waals surface area contributed by atoms with Crippen LogP contribution in [0.3, 0.4) is 0 Å². The van der Waals surface area contributed by atoms with Gasteiger partial charge in [0, 0.05) is 17.6 Å². The molecule has 0 amide bonds. The molecule has 0 aliphatic heterocycles. The first kappa shape index (κ1) is 17.9. The largest absolute Gasteiger partial charge is 0.491 e. The van der Waals surface area contributed by atoms with Crippen LogP contribution in [-0.4, -0.2) is 16.1 Å². The van der Waals surface area contributed by atoms with E-state index in [1.165, 1.54) is 12.1 Å². The molecule has 0 unspecified atom stereocenters. The summed E-state index contributed by atoms with van der Waals surface area (Å²) in [6.45, 7) is 3.96. The van der Waals surface area contributed by atoms with E-state index in [0.717, 1.165) is 11.4 Å². The molecule has 0 saturated heterocycles. The van der Waals surface area contributed by atoms with Crippen LogP contribution in [0.15, 0.2) is 54.7 Å². The molecule has 0 atom stereocenters. The third-order valence-electron chi connectivity index (χ3n) is 3.33. The topological polar surface area (TPSA) is 59.1 Å². The molecule has 0 bridgehead atoms. The zero-order valence-electron chi connectivity index (χ0n) is 14.3. The Morgan fingerprint density at radius 1 is 1.00 bits per heavy atom. The minimum atomic E-state index is -0.474. The van der Waals surface area contributed by atoms with Gasteiger partial charge in [0.25, 0.3) is 0 Å². The number of anilines is 4. The molecule has 1 aromatic heterocycles. The van der Waals surface area contributed by atoms with Gasteiger partial charge < -0.3 is 15.4 Å². The highest BCUT2D eigenvalue weighted by atomic mass is 35.5. The van der Waals surface area contributed by atoms with Gasteiger partial charge in [0.2, 0.25) is 5.95 Å². The van der Waals surface area contributed by atoms with Crippen molar-refractivity contribution < 1.29 is 9.13 Å². The van der Waals surface area contributed by atoms with Gasteiger partial charge in [-0.1, -0.05) is 11.6 Å². The van der Waals surface area contributed by atoms with Crippen molar-refractivity contribution in [3.05, 3.63) is 65.6 Å². The third kappa shape index (κ3) is 4.83. The van der Waals surface area contributed by atoms with Gasteiger partial charge >= 0.3 is 0 Å². The molecule has 134 valence electrons. The molecule has 7 heteroatoms. The van der Waals surface area contributed by atoms with E-state index in [0.29, 0.717) is 17.5 Å². The number of benzene rings is 2. The van der Waals surface area contributed by atoms with Crippen LogP contribution in [-0.2, 0) is 0 Å². The van der Waals surface area contributed by atoms with E-state index < -0.39 is 5.82 Å². The lowest BCUT2D eigenvalue weighted by molar-refractivity contribution is 0.242. The summed E-state index contributed by atoms with van der Waals surface area (Å²) in [5.74, 6) is 1.33. The van der Waals surface area contributed by atoms with Crippen molar-refractivity contribution >= 4 is 34.7 Å². The van der Waals surface area contributed by atoms with E-state index in [-0.39, 0.29) is 11.1 Å². The Bertz CT molecular complexity index is 887. The lowest BCUT2D eigenvalue weighted by Gasteiger charge is -2.11. The zero-order chi connectivity index (χ0) is 18.5. The van der Waals surface area contributed by atoms with Crippen molar-refractivity contribution in [1.29, 1.82) is 0 Å². The SMILES string of the molecule is CC(C)Oc1ccc(Nc2ccnc(Nc3ccc(F)c(Cl)c3)n2)cc1. The van der Waals surface area contributed by atoms with Gasteiger partial charge in [0.15, 0.2) is 0 Å². The lowest BCUT2D eigenvalue weighted by atomic mass is 10.3. The molecule has 3 rings (SSSR count). The highest BCUT2D eigenvalue weighted by molar-refractivity contribution is 6.31. The number of hydrogen-bond acceptors (Lipinski definition) is 5. The number of hydrogen-bond donors (Lipinski definition) is 2. The third-order valence-corrected chi connectivity index (χ3v) is 3.62. The first-order valence-electron chi connectivity index (χ1n) is 8.08. The normalized spacial score (nSPS) is 10.7. The van der Waals surface area contributed by atoms with Gasteiger partial charge in [-0.15, -0.1) is 0 Å². The van der Waals surface area contributed by atoms with Crippen molar-refractivity contribution in [3.8, 4) is 5.75 Å². The van der Waals surface area contributed by atoms with Crippen LogP contribution in [0.5, 0.6) is 5.75 Å². The first-order valence-corrected chi connectivity index (χ1v) is 8.46. The Morgan fingerprint density at radius 2 is 1.73 bits per heavy atom. The maximum Gasteiger partial charge on any atom is 0.229 e. The van der Waals surface area contributed by atoms with E-state index in [4.69, 9.17) is 16.3 Å². The Labute approximate surface area is 156 Å². The summed E-state index contributed by atoms with van der Waals surface area (Å²) in [6.07, 6.45) is 1.75. The minimum Gasteiger partial charge on any atom is -0.491 e. The molecular weight excluding hydrogens is 355 g/mol. The van der Waals surface area contributed by atoms with Gasteiger partial charge in [-0.05, 0) is 62.4 Å². The van der Waals surface area contributed by atoms with E-state index >= 15 is 0 Å². The molecule has 0 aliphatic rings. The van der Waals surface area contributed by atoms with Crippen LogP contribution >= 0.6 is 11.6 Å². The molecular formula is C19H18ClFN4O. The van der Waals surface area contributed by atoms with Gasteiger partial charge in [0.05, 0.1) is 11.1 Å².